The van der Waals surface area contributed by atoms with Crippen molar-refractivity contribution in [1.82, 2.24) is 4.90 Å². The molecule has 4 heteroatoms. The lowest BCUT2D eigenvalue weighted by molar-refractivity contribution is -0.138. The highest BCUT2D eigenvalue weighted by Gasteiger charge is 2.65. The maximum Gasteiger partial charge on any atom is 0.174 e. The summed E-state index contributed by atoms with van der Waals surface area (Å²) in [6.07, 6.45) is -8.00. The number of ether oxygens (including phenoxy) is 2. The van der Waals surface area contributed by atoms with Gasteiger partial charge in [0.05, 0.1) is 12.5 Å². The van der Waals surface area contributed by atoms with Crippen LogP contribution in [-0.2, 0) is 16.6 Å². The maximum absolute atomic E-state index is 13.3. The lowest BCUT2D eigenvalue weighted by Gasteiger charge is -2.57. The second kappa shape index (κ2) is 4.05. The van der Waals surface area contributed by atoms with Crippen LogP contribution < -0.4 is 9.47 Å². The minimum absolute atomic E-state index is 0.00465. The fourth-order valence-electron chi connectivity index (χ4n) is 4.47. The number of carbonyl (C=O) groups is 1. The van der Waals surface area contributed by atoms with Crippen molar-refractivity contribution in [1.29, 1.82) is 0 Å². The Morgan fingerprint density at radius 1 is 1.59 bits per heavy atom. The van der Waals surface area contributed by atoms with Crippen molar-refractivity contribution >= 4 is 5.78 Å². The fourth-order valence-corrected chi connectivity index (χ4v) is 4.47. The summed E-state index contributed by atoms with van der Waals surface area (Å²) in [4.78, 5) is 14.3. The smallest absolute Gasteiger partial charge is 0.174 e. The number of nitrogens with zero attached hydrogens (tertiary/aromatic N) is 1. The minimum Gasteiger partial charge on any atom is -0.493 e. The Balaban J connectivity index is 1.85. The van der Waals surface area contributed by atoms with E-state index in [0.717, 1.165) is 4.90 Å². The molecule has 1 spiro atoms. The first-order chi connectivity index (χ1) is 14.9. The van der Waals surface area contributed by atoms with Gasteiger partial charge >= 0.3 is 0 Å². The summed E-state index contributed by atoms with van der Waals surface area (Å²) in [7, 11) is -2.90. The average molecular weight is 310 g/mol. The summed E-state index contributed by atoms with van der Waals surface area (Å²) in [5, 5.41) is 0. The molecule has 0 radical (unpaired) electrons. The molecule has 2 bridgehead atoms. The molecular formula is C18H21NO3. The first-order valence-electron chi connectivity index (χ1n) is 12.8. The zero-order chi connectivity index (χ0) is 24.6. The molecule has 22 heavy (non-hydrogen) atoms. The van der Waals surface area contributed by atoms with Crippen molar-refractivity contribution in [3.8, 4) is 11.5 Å². The van der Waals surface area contributed by atoms with Crippen molar-refractivity contribution in [3.63, 3.8) is 0 Å². The number of Topliss-reactive ketones (excluding diaryl/α,β-unsaturated/α-hetero) is 1. The van der Waals surface area contributed by atoms with Gasteiger partial charge in [-0.3, -0.25) is 4.79 Å². The molecule has 4 nitrogen and oxygen atoms in total. The summed E-state index contributed by atoms with van der Waals surface area (Å²) >= 11 is 0. The van der Waals surface area contributed by atoms with Gasteiger partial charge in [-0.05, 0) is 50.3 Å². The summed E-state index contributed by atoms with van der Waals surface area (Å²) < 4.78 is 101. The van der Waals surface area contributed by atoms with E-state index in [1.807, 2.05) is 0 Å². The SMILES string of the molecule is [2H]C([2H])([2H])Oc1ccc2c3c1OC1([2H])C(=O)C([2H])([2H])C[C@H]4[C@H](N(C([2H])([2H])[2H])CC[C@@]341)C2([2H])[2H]. The molecule has 1 aromatic carbocycles. The molecule has 2 fully saturated rings. The van der Waals surface area contributed by atoms with Crippen molar-refractivity contribution < 1.29 is 29.3 Å². The van der Waals surface area contributed by atoms with Crippen LogP contribution in [0.2, 0.25) is 0 Å². The summed E-state index contributed by atoms with van der Waals surface area (Å²) in [5.74, 6) is -2.82. The number of likely N-dealkylation sites (N-methyl/N-ethyl adjacent to an activating group) is 1. The highest BCUT2D eigenvalue weighted by molar-refractivity contribution is 5.89. The standard InChI is InChI=1S/C18H21NO3/c1-19-8-7-18-11-4-5-13(20)17(18)22-16-14(21-2)6-3-10(15(16)18)9-12(11)19/h3,6,11-12,17H,4-5,7-9H2,1-2H3/t11-,12+,17?,18-/m0/s1/i1D3,2D3,5D2,9D2,17D. The Bertz CT molecular complexity index is 1070. The summed E-state index contributed by atoms with van der Waals surface area (Å²) in [5.41, 5.74) is -1.44. The lowest BCUT2D eigenvalue weighted by atomic mass is 9.52. The Hall–Kier alpha value is -1.55. The molecule has 2 aliphatic heterocycles. The molecule has 1 unspecified atom stereocenters. The zero-order valence-corrected chi connectivity index (χ0v) is 11.6. The van der Waals surface area contributed by atoms with Gasteiger partial charge < -0.3 is 14.4 Å². The van der Waals surface area contributed by atoms with Gasteiger partial charge in [-0.25, -0.2) is 0 Å². The molecule has 4 aliphatic rings. The van der Waals surface area contributed by atoms with Gasteiger partial charge in [0, 0.05) is 33.0 Å². The van der Waals surface area contributed by atoms with Crippen LogP contribution in [0.5, 0.6) is 11.5 Å². The summed E-state index contributed by atoms with van der Waals surface area (Å²) in [6, 6.07) is 1.10. The van der Waals surface area contributed by atoms with Gasteiger partial charge in [0.1, 0.15) is 0 Å². The van der Waals surface area contributed by atoms with Crippen molar-refractivity contribution in [2.24, 2.45) is 5.92 Å². The largest absolute Gasteiger partial charge is 0.493 e. The normalized spacial score (nSPS) is 54.9. The Morgan fingerprint density at radius 2 is 2.55 bits per heavy atom. The monoisotopic (exact) mass is 310 g/mol. The van der Waals surface area contributed by atoms with E-state index in [1.54, 1.807) is 0 Å². The van der Waals surface area contributed by atoms with Gasteiger partial charge in [-0.15, -0.1) is 0 Å². The molecule has 1 aromatic rings. The van der Waals surface area contributed by atoms with E-state index in [0.29, 0.717) is 0 Å². The minimum atomic E-state index is -2.90. The number of benzene rings is 1. The number of piperidine rings is 1. The number of ketones is 1. The van der Waals surface area contributed by atoms with E-state index in [-0.39, 0.29) is 35.6 Å². The number of likely N-dealkylation sites (tertiary alicyclic amines) is 1. The second-order valence-corrected chi connectivity index (χ2v) is 6.17. The number of hydrogen-bond acceptors (Lipinski definition) is 4. The van der Waals surface area contributed by atoms with Gasteiger partial charge in [0.25, 0.3) is 0 Å². The van der Waals surface area contributed by atoms with E-state index in [9.17, 15) is 4.79 Å². The Kier molecular flexibility index (Phi) is 1.13. The van der Waals surface area contributed by atoms with Crippen LogP contribution in [0.15, 0.2) is 12.1 Å². The van der Waals surface area contributed by atoms with Crippen LogP contribution in [0.25, 0.3) is 0 Å². The predicted molar refractivity (Wildman–Crippen MR) is 81.6 cm³/mol. The van der Waals surface area contributed by atoms with E-state index in [2.05, 4.69) is 0 Å². The van der Waals surface area contributed by atoms with Gasteiger partial charge in [-0.2, -0.15) is 0 Å². The number of carbonyl (C=O) groups excluding carboxylic acids is 1. The summed E-state index contributed by atoms with van der Waals surface area (Å²) in [6.45, 7) is -2.87. The third kappa shape index (κ3) is 1.27. The van der Waals surface area contributed by atoms with Crippen LogP contribution in [0.1, 0.15) is 45.4 Å². The molecule has 5 rings (SSSR count). The highest BCUT2D eigenvalue weighted by Crippen LogP contribution is 2.62. The Morgan fingerprint density at radius 3 is 3.41 bits per heavy atom. The van der Waals surface area contributed by atoms with Crippen LogP contribution in [0.4, 0.5) is 0 Å². The topological polar surface area (TPSA) is 38.8 Å². The average Bonchev–Trinajstić information content (AvgIpc) is 2.90. The predicted octanol–water partition coefficient (Wildman–Crippen LogP) is 1.93. The molecule has 4 atom stereocenters. The quantitative estimate of drug-likeness (QED) is 0.794. The Labute approximate surface area is 145 Å². The van der Waals surface area contributed by atoms with E-state index in [1.165, 1.54) is 12.1 Å². The highest BCUT2D eigenvalue weighted by atomic mass is 16.5. The molecule has 2 aliphatic carbocycles. The molecule has 0 aromatic heterocycles. The molecule has 0 N–H and O–H groups in total. The van der Waals surface area contributed by atoms with Crippen molar-refractivity contribution in [2.45, 2.75) is 43.1 Å². The van der Waals surface area contributed by atoms with Crippen LogP contribution in [0, 0.1) is 5.92 Å². The first-order valence-corrected chi connectivity index (χ1v) is 7.26. The first kappa shape index (κ1) is 6.16. The molecule has 0 amide bonds. The molecule has 1 saturated carbocycles. The molecule has 2 heterocycles. The molecule has 1 saturated heterocycles. The number of methoxy groups -OCH3 is 1. The number of hydrogen-bond donors (Lipinski definition) is 0. The molecule has 116 valence electrons. The van der Waals surface area contributed by atoms with E-state index >= 15 is 0 Å². The van der Waals surface area contributed by atoms with E-state index in [4.69, 9.17) is 24.6 Å². The van der Waals surface area contributed by atoms with Crippen LogP contribution in [-0.4, -0.2) is 43.4 Å². The van der Waals surface area contributed by atoms with Gasteiger partial charge in [-0.1, -0.05) is 6.07 Å². The fraction of sp³-hybridized carbons (Fsp3) is 0.611. The van der Waals surface area contributed by atoms with Gasteiger partial charge in [0.2, 0.25) is 0 Å². The third-order valence-electron chi connectivity index (χ3n) is 5.38. The lowest BCUT2D eigenvalue weighted by Crippen LogP contribution is -2.65. The van der Waals surface area contributed by atoms with E-state index < -0.39 is 62.4 Å². The van der Waals surface area contributed by atoms with Crippen LogP contribution >= 0.6 is 0 Å². The zero-order valence-electron chi connectivity index (χ0n) is 22.6. The maximum atomic E-state index is 13.3. The second-order valence-electron chi connectivity index (χ2n) is 6.17. The molecular weight excluding hydrogens is 278 g/mol. The van der Waals surface area contributed by atoms with Crippen LogP contribution in [0.3, 0.4) is 0 Å². The number of rotatable bonds is 1. The third-order valence-corrected chi connectivity index (χ3v) is 5.38. The van der Waals surface area contributed by atoms with Gasteiger partial charge in [0.15, 0.2) is 23.4 Å². The van der Waals surface area contributed by atoms with Crippen molar-refractivity contribution in [2.75, 3.05) is 20.6 Å². The van der Waals surface area contributed by atoms with Crippen molar-refractivity contribution in [3.05, 3.63) is 23.3 Å².